The molecule has 0 aliphatic heterocycles. The van der Waals surface area contributed by atoms with Gasteiger partial charge in [0.25, 0.3) is 10.0 Å². The van der Waals surface area contributed by atoms with Gasteiger partial charge in [0.2, 0.25) is 0 Å². The van der Waals surface area contributed by atoms with Crippen molar-refractivity contribution >= 4 is 49.0 Å². The van der Waals surface area contributed by atoms with E-state index >= 15 is 0 Å². The zero-order valence-corrected chi connectivity index (χ0v) is 13.8. The van der Waals surface area contributed by atoms with Gasteiger partial charge >= 0.3 is 0 Å². The van der Waals surface area contributed by atoms with E-state index in [0.29, 0.717) is 27.7 Å². The number of aromatic amines is 1. The zero-order valence-electron chi connectivity index (χ0n) is 11.5. The molecule has 0 aliphatic carbocycles. The number of H-pyrrole nitrogens is 1. The minimum absolute atomic E-state index is 0.155. The summed E-state index contributed by atoms with van der Waals surface area (Å²) in [6.07, 6.45) is 3.02. The molecule has 0 fully saturated rings. The fourth-order valence-corrected chi connectivity index (χ4v) is 4.41. The van der Waals surface area contributed by atoms with Crippen LogP contribution in [0.3, 0.4) is 0 Å². The maximum atomic E-state index is 12.5. The Morgan fingerprint density at radius 1 is 1.45 bits per heavy atom. The van der Waals surface area contributed by atoms with Crippen LogP contribution in [0, 0.1) is 0 Å². The van der Waals surface area contributed by atoms with E-state index in [1.807, 2.05) is 0 Å². The summed E-state index contributed by atoms with van der Waals surface area (Å²) in [5.41, 5.74) is 0.659. The number of nitrogens with zero attached hydrogens (tertiary/aromatic N) is 1. The molecular weight excluding hydrogens is 346 g/mol. The minimum atomic E-state index is -3.73. The van der Waals surface area contributed by atoms with Crippen molar-refractivity contribution in [1.82, 2.24) is 9.97 Å². The molecule has 0 unspecified atom stereocenters. The average molecular weight is 358 g/mol. The Morgan fingerprint density at radius 3 is 3.05 bits per heavy atom. The number of hydrogen-bond donors (Lipinski definition) is 2. The van der Waals surface area contributed by atoms with Crippen molar-refractivity contribution in [3.63, 3.8) is 0 Å². The van der Waals surface area contributed by atoms with Crippen LogP contribution in [0.5, 0.6) is 0 Å². The summed E-state index contributed by atoms with van der Waals surface area (Å²) >= 11 is 7.13. The Morgan fingerprint density at radius 2 is 2.27 bits per heavy atom. The van der Waals surface area contributed by atoms with Crippen LogP contribution in [0.2, 0.25) is 5.02 Å². The molecule has 9 heteroatoms. The third-order valence-corrected chi connectivity index (χ3v) is 5.59. The molecule has 22 heavy (non-hydrogen) atoms. The Kier molecular flexibility index (Phi) is 4.09. The van der Waals surface area contributed by atoms with Gasteiger partial charge in [-0.15, -0.1) is 0 Å². The summed E-state index contributed by atoms with van der Waals surface area (Å²) in [7, 11) is -2.16. The smallest absolute Gasteiger partial charge is 0.265 e. The first-order valence-electron chi connectivity index (χ1n) is 6.23. The number of rotatable bonds is 5. The lowest BCUT2D eigenvalue weighted by molar-refractivity contribution is 0.187. The van der Waals surface area contributed by atoms with E-state index in [-0.39, 0.29) is 4.90 Å². The minimum Gasteiger partial charge on any atom is -0.379 e. The molecule has 2 N–H and O–H groups in total. The molecule has 2 heterocycles. The molecule has 0 saturated carbocycles. The number of ether oxygens (including phenoxy) is 1. The van der Waals surface area contributed by atoms with Gasteiger partial charge in [-0.1, -0.05) is 22.9 Å². The summed E-state index contributed by atoms with van der Waals surface area (Å²) in [4.78, 5) is 7.94. The number of anilines is 1. The number of fused-ring (bicyclic) bond motifs is 1. The van der Waals surface area contributed by atoms with Gasteiger partial charge in [0.1, 0.15) is 4.90 Å². The van der Waals surface area contributed by atoms with Crippen LogP contribution in [-0.2, 0) is 21.4 Å². The molecule has 2 aromatic heterocycles. The van der Waals surface area contributed by atoms with Crippen LogP contribution in [0.1, 0.15) is 4.88 Å². The van der Waals surface area contributed by atoms with Crippen molar-refractivity contribution in [3.8, 4) is 0 Å². The van der Waals surface area contributed by atoms with Gasteiger partial charge in [-0.3, -0.25) is 4.72 Å². The topological polar surface area (TPSA) is 84.1 Å². The Balaban J connectivity index is 1.93. The first kappa shape index (κ1) is 15.3. The first-order chi connectivity index (χ1) is 10.5. The number of aromatic nitrogens is 2. The molecule has 0 radical (unpaired) electrons. The van der Waals surface area contributed by atoms with Gasteiger partial charge in [-0.05, 0) is 18.2 Å². The van der Waals surface area contributed by atoms with Crippen LogP contribution in [0.4, 0.5) is 5.13 Å². The van der Waals surface area contributed by atoms with Crippen LogP contribution in [0.25, 0.3) is 10.9 Å². The number of nitrogens with one attached hydrogen (secondary N) is 2. The standard InChI is InChI=1S/C13H12ClN3O3S2/c1-20-7-9-5-16-13(21-9)17-22(18,19)12-6-15-11-4-8(14)2-3-10(11)12/h2-6,15H,7H2,1H3,(H,16,17). The van der Waals surface area contributed by atoms with Crippen molar-refractivity contribution in [1.29, 1.82) is 0 Å². The Labute approximate surface area is 136 Å². The second kappa shape index (κ2) is 5.88. The molecule has 0 spiro atoms. The van der Waals surface area contributed by atoms with Crippen molar-refractivity contribution < 1.29 is 13.2 Å². The molecule has 0 amide bonds. The lowest BCUT2D eigenvalue weighted by Crippen LogP contribution is -2.12. The van der Waals surface area contributed by atoms with Crippen LogP contribution < -0.4 is 4.72 Å². The third kappa shape index (κ3) is 2.95. The van der Waals surface area contributed by atoms with E-state index < -0.39 is 10.0 Å². The van der Waals surface area contributed by atoms with E-state index in [4.69, 9.17) is 16.3 Å². The van der Waals surface area contributed by atoms with Gasteiger partial charge in [0.05, 0.1) is 11.5 Å². The highest BCUT2D eigenvalue weighted by Gasteiger charge is 2.20. The SMILES string of the molecule is COCc1cnc(NS(=O)(=O)c2c[nH]c3cc(Cl)ccc23)s1. The van der Waals surface area contributed by atoms with E-state index in [1.165, 1.54) is 17.5 Å². The molecule has 3 aromatic rings. The van der Waals surface area contributed by atoms with Gasteiger partial charge in [0, 0.05) is 35.4 Å². The van der Waals surface area contributed by atoms with E-state index in [1.54, 1.807) is 31.5 Å². The molecular formula is C13H12ClN3O3S2. The number of halogens is 1. The van der Waals surface area contributed by atoms with E-state index in [2.05, 4.69) is 14.7 Å². The molecule has 0 atom stereocenters. The first-order valence-corrected chi connectivity index (χ1v) is 8.90. The molecule has 0 bridgehead atoms. The third-order valence-electron chi connectivity index (χ3n) is 2.96. The molecule has 0 saturated heterocycles. The summed E-state index contributed by atoms with van der Waals surface area (Å²) in [5, 5.41) is 1.41. The summed E-state index contributed by atoms with van der Waals surface area (Å²) < 4.78 is 32.5. The number of hydrogen-bond acceptors (Lipinski definition) is 5. The van der Waals surface area contributed by atoms with Gasteiger partial charge < -0.3 is 9.72 Å². The lowest BCUT2D eigenvalue weighted by atomic mass is 10.2. The zero-order chi connectivity index (χ0) is 15.7. The van der Waals surface area contributed by atoms with Crippen molar-refractivity contribution in [2.45, 2.75) is 11.5 Å². The maximum absolute atomic E-state index is 12.5. The largest absolute Gasteiger partial charge is 0.379 e. The monoisotopic (exact) mass is 357 g/mol. The molecule has 0 aliphatic rings. The van der Waals surface area contributed by atoms with Gasteiger partial charge in [-0.25, -0.2) is 13.4 Å². The number of benzene rings is 1. The highest BCUT2D eigenvalue weighted by molar-refractivity contribution is 7.93. The van der Waals surface area contributed by atoms with Crippen molar-refractivity contribution in [2.75, 3.05) is 11.8 Å². The van der Waals surface area contributed by atoms with Crippen LogP contribution in [0.15, 0.2) is 35.5 Å². The molecule has 1 aromatic carbocycles. The summed E-state index contributed by atoms with van der Waals surface area (Å²) in [6, 6.07) is 4.99. The predicted octanol–water partition coefficient (Wildman–Crippen LogP) is 3.23. The highest BCUT2D eigenvalue weighted by Crippen LogP contribution is 2.28. The van der Waals surface area contributed by atoms with Crippen LogP contribution in [-0.4, -0.2) is 25.5 Å². The van der Waals surface area contributed by atoms with Crippen molar-refractivity contribution in [2.24, 2.45) is 0 Å². The summed E-state index contributed by atoms with van der Waals surface area (Å²) in [5.74, 6) is 0. The van der Waals surface area contributed by atoms with E-state index in [0.717, 1.165) is 4.88 Å². The second-order valence-corrected chi connectivity index (χ2v) is 7.72. The predicted molar refractivity (Wildman–Crippen MR) is 86.9 cm³/mol. The fraction of sp³-hybridized carbons (Fsp3) is 0.154. The summed E-state index contributed by atoms with van der Waals surface area (Å²) in [6.45, 7) is 0.394. The average Bonchev–Trinajstić information content (AvgIpc) is 3.05. The lowest BCUT2D eigenvalue weighted by Gasteiger charge is -2.03. The number of thiazole rings is 1. The fourth-order valence-electron chi connectivity index (χ4n) is 2.03. The number of methoxy groups -OCH3 is 1. The van der Waals surface area contributed by atoms with Crippen LogP contribution >= 0.6 is 22.9 Å². The molecule has 116 valence electrons. The van der Waals surface area contributed by atoms with Gasteiger partial charge in [-0.2, -0.15) is 0 Å². The normalized spacial score (nSPS) is 11.9. The Bertz CT molecular complexity index is 918. The van der Waals surface area contributed by atoms with Crippen molar-refractivity contribution in [3.05, 3.63) is 40.5 Å². The molecule has 3 rings (SSSR count). The van der Waals surface area contributed by atoms with Gasteiger partial charge in [0.15, 0.2) is 5.13 Å². The highest BCUT2D eigenvalue weighted by atomic mass is 35.5. The van der Waals surface area contributed by atoms with E-state index in [9.17, 15) is 8.42 Å². The number of sulfonamides is 1. The quantitative estimate of drug-likeness (QED) is 0.734. The Hall–Kier alpha value is -1.61. The molecule has 6 nitrogen and oxygen atoms in total. The second-order valence-electron chi connectivity index (χ2n) is 4.51. The maximum Gasteiger partial charge on any atom is 0.265 e.